The summed E-state index contributed by atoms with van der Waals surface area (Å²) in [6.07, 6.45) is 2.48. The van der Waals surface area contributed by atoms with Crippen LogP contribution in [0.15, 0.2) is 48.5 Å². The van der Waals surface area contributed by atoms with E-state index in [9.17, 15) is 9.59 Å². The highest BCUT2D eigenvalue weighted by Gasteiger charge is 2.28. The van der Waals surface area contributed by atoms with Crippen molar-refractivity contribution in [3.8, 4) is 0 Å². The average molecular weight is 423 g/mol. The second-order valence-corrected chi connectivity index (χ2v) is 8.53. The first-order chi connectivity index (χ1) is 14.9. The number of carbonyl (C=O) groups excluding carboxylic acids is 2. The summed E-state index contributed by atoms with van der Waals surface area (Å²) in [6, 6.07) is 16.0. The van der Waals surface area contributed by atoms with Crippen molar-refractivity contribution in [3.05, 3.63) is 70.8 Å². The van der Waals surface area contributed by atoms with Crippen molar-refractivity contribution in [1.29, 1.82) is 0 Å². The molecule has 2 aromatic carbocycles. The van der Waals surface area contributed by atoms with Gasteiger partial charge >= 0.3 is 0 Å². The van der Waals surface area contributed by atoms with Gasteiger partial charge in [0.2, 0.25) is 5.91 Å². The Labute approximate surface area is 185 Å². The molecule has 1 saturated heterocycles. The Bertz CT molecular complexity index is 861. The second kappa shape index (κ2) is 11.1. The van der Waals surface area contributed by atoms with E-state index in [1.807, 2.05) is 56.0 Å². The van der Waals surface area contributed by atoms with Crippen LogP contribution in [-0.4, -0.2) is 43.0 Å². The minimum absolute atomic E-state index is 0.0209. The molecule has 1 aliphatic heterocycles. The quantitative estimate of drug-likeness (QED) is 0.640. The molecule has 2 unspecified atom stereocenters. The highest BCUT2D eigenvalue weighted by atomic mass is 16.5. The fourth-order valence-electron chi connectivity index (χ4n) is 4.16. The molecule has 3 rings (SSSR count). The fourth-order valence-corrected chi connectivity index (χ4v) is 4.16. The number of rotatable bonds is 8. The van der Waals surface area contributed by atoms with Gasteiger partial charge in [-0.05, 0) is 57.7 Å². The molecule has 1 heterocycles. The van der Waals surface area contributed by atoms with Crippen LogP contribution in [0.2, 0.25) is 0 Å². The van der Waals surface area contributed by atoms with Crippen LogP contribution in [-0.2, 0) is 9.53 Å². The Kier molecular flexibility index (Phi) is 8.24. The minimum atomic E-state index is -0.146. The SMILES string of the molecule is Cc1cc(C)cc(C(=O)N2CCCC(C(=O)NCCCOC(C)c3ccccc3)C2)c1. The third kappa shape index (κ3) is 6.66. The smallest absolute Gasteiger partial charge is 0.253 e. The van der Waals surface area contributed by atoms with Gasteiger partial charge in [-0.2, -0.15) is 0 Å². The zero-order chi connectivity index (χ0) is 22.2. The first-order valence-corrected chi connectivity index (χ1v) is 11.3. The van der Waals surface area contributed by atoms with E-state index in [4.69, 9.17) is 4.74 Å². The van der Waals surface area contributed by atoms with Crippen LogP contribution in [0.4, 0.5) is 0 Å². The highest BCUT2D eigenvalue weighted by molar-refractivity contribution is 5.95. The Morgan fingerprint density at radius 1 is 1.13 bits per heavy atom. The lowest BCUT2D eigenvalue weighted by molar-refractivity contribution is -0.126. The topological polar surface area (TPSA) is 58.6 Å². The Balaban J connectivity index is 1.41. The van der Waals surface area contributed by atoms with Crippen LogP contribution in [0.5, 0.6) is 0 Å². The van der Waals surface area contributed by atoms with E-state index in [2.05, 4.69) is 23.5 Å². The Morgan fingerprint density at radius 2 is 1.84 bits per heavy atom. The molecular formula is C26H34N2O3. The number of hydrogen-bond acceptors (Lipinski definition) is 3. The fraction of sp³-hybridized carbons (Fsp3) is 0.462. The largest absolute Gasteiger partial charge is 0.374 e. The van der Waals surface area contributed by atoms with Gasteiger partial charge < -0.3 is 15.0 Å². The van der Waals surface area contributed by atoms with Gasteiger partial charge in [-0.1, -0.05) is 47.5 Å². The zero-order valence-corrected chi connectivity index (χ0v) is 18.9. The number of likely N-dealkylation sites (tertiary alicyclic amines) is 1. The van der Waals surface area contributed by atoms with Crippen LogP contribution in [0.3, 0.4) is 0 Å². The number of nitrogens with one attached hydrogen (secondary N) is 1. The molecular weight excluding hydrogens is 388 g/mol. The second-order valence-electron chi connectivity index (χ2n) is 8.53. The molecule has 0 saturated carbocycles. The third-order valence-corrected chi connectivity index (χ3v) is 5.81. The highest BCUT2D eigenvalue weighted by Crippen LogP contribution is 2.20. The lowest BCUT2D eigenvalue weighted by atomic mass is 9.96. The van der Waals surface area contributed by atoms with E-state index in [0.717, 1.165) is 36.0 Å². The van der Waals surface area contributed by atoms with Crippen LogP contribution < -0.4 is 5.32 Å². The van der Waals surface area contributed by atoms with E-state index in [1.165, 1.54) is 0 Å². The molecule has 2 amide bonds. The molecule has 1 N–H and O–H groups in total. The molecule has 5 heteroatoms. The summed E-state index contributed by atoms with van der Waals surface area (Å²) >= 11 is 0. The van der Waals surface area contributed by atoms with E-state index in [1.54, 1.807) is 0 Å². The summed E-state index contributed by atoms with van der Waals surface area (Å²) in [5.41, 5.74) is 4.03. The third-order valence-electron chi connectivity index (χ3n) is 5.81. The number of piperidine rings is 1. The number of nitrogens with zero attached hydrogens (tertiary/aromatic N) is 1. The molecule has 1 fully saturated rings. The van der Waals surface area contributed by atoms with Gasteiger partial charge in [-0.25, -0.2) is 0 Å². The van der Waals surface area contributed by atoms with Crippen molar-refractivity contribution in [1.82, 2.24) is 10.2 Å². The number of benzene rings is 2. The summed E-state index contributed by atoms with van der Waals surface area (Å²) in [5.74, 6) is -0.0885. The van der Waals surface area contributed by atoms with E-state index in [0.29, 0.717) is 31.8 Å². The maximum Gasteiger partial charge on any atom is 0.253 e. The summed E-state index contributed by atoms with van der Waals surface area (Å²) in [5, 5.41) is 3.03. The maximum atomic E-state index is 12.9. The lowest BCUT2D eigenvalue weighted by Gasteiger charge is -2.32. The molecule has 0 aliphatic carbocycles. The first kappa shape index (κ1) is 23.0. The molecule has 0 spiro atoms. The van der Waals surface area contributed by atoms with E-state index >= 15 is 0 Å². The van der Waals surface area contributed by atoms with Crippen molar-refractivity contribution in [2.75, 3.05) is 26.2 Å². The number of aryl methyl sites for hydroxylation is 2. The van der Waals surface area contributed by atoms with Gasteiger partial charge in [-0.15, -0.1) is 0 Å². The number of ether oxygens (including phenoxy) is 1. The number of amides is 2. The predicted octanol–water partition coefficient (Wildman–Crippen LogP) is 4.44. The summed E-state index contributed by atoms with van der Waals surface area (Å²) in [7, 11) is 0. The van der Waals surface area contributed by atoms with Crippen molar-refractivity contribution in [2.45, 2.75) is 46.1 Å². The van der Waals surface area contributed by atoms with Crippen LogP contribution >= 0.6 is 0 Å². The van der Waals surface area contributed by atoms with E-state index < -0.39 is 0 Å². The van der Waals surface area contributed by atoms with E-state index in [-0.39, 0.29) is 23.8 Å². The van der Waals surface area contributed by atoms with Crippen LogP contribution in [0.1, 0.15) is 59.3 Å². The van der Waals surface area contributed by atoms with Gasteiger partial charge in [0.15, 0.2) is 0 Å². The average Bonchev–Trinajstić information content (AvgIpc) is 2.78. The minimum Gasteiger partial charge on any atom is -0.374 e. The zero-order valence-electron chi connectivity index (χ0n) is 18.9. The van der Waals surface area contributed by atoms with Crippen LogP contribution in [0.25, 0.3) is 0 Å². The molecule has 2 aromatic rings. The van der Waals surface area contributed by atoms with Gasteiger partial charge in [0.25, 0.3) is 5.91 Å². The van der Waals surface area contributed by atoms with Crippen molar-refractivity contribution >= 4 is 11.8 Å². The van der Waals surface area contributed by atoms with Gasteiger partial charge in [0.05, 0.1) is 12.0 Å². The Morgan fingerprint density at radius 3 is 2.55 bits per heavy atom. The molecule has 5 nitrogen and oxygen atoms in total. The molecule has 0 radical (unpaired) electrons. The Hall–Kier alpha value is -2.66. The first-order valence-electron chi connectivity index (χ1n) is 11.3. The van der Waals surface area contributed by atoms with Gasteiger partial charge in [-0.3, -0.25) is 9.59 Å². The molecule has 2 atom stereocenters. The molecule has 0 bridgehead atoms. The number of carbonyl (C=O) groups is 2. The monoisotopic (exact) mass is 422 g/mol. The van der Waals surface area contributed by atoms with Gasteiger partial charge in [0, 0.05) is 31.8 Å². The lowest BCUT2D eigenvalue weighted by Crippen LogP contribution is -2.45. The molecule has 166 valence electrons. The number of hydrogen-bond donors (Lipinski definition) is 1. The van der Waals surface area contributed by atoms with Crippen molar-refractivity contribution in [2.24, 2.45) is 5.92 Å². The molecule has 0 aromatic heterocycles. The normalized spacial score (nSPS) is 17.3. The summed E-state index contributed by atoms with van der Waals surface area (Å²) < 4.78 is 5.87. The molecule has 1 aliphatic rings. The predicted molar refractivity (Wildman–Crippen MR) is 123 cm³/mol. The van der Waals surface area contributed by atoms with Crippen molar-refractivity contribution < 1.29 is 14.3 Å². The summed E-state index contributed by atoms with van der Waals surface area (Å²) in [4.78, 5) is 27.4. The maximum absolute atomic E-state index is 12.9. The summed E-state index contributed by atoms with van der Waals surface area (Å²) in [6.45, 7) is 8.42. The standard InChI is InChI=1S/C26H34N2O3/c1-19-15-20(2)17-24(16-19)26(30)28-13-7-11-23(18-28)25(29)27-12-8-14-31-21(3)22-9-5-4-6-10-22/h4-6,9-10,15-17,21,23H,7-8,11-14,18H2,1-3H3,(H,27,29). The molecule has 31 heavy (non-hydrogen) atoms. The van der Waals surface area contributed by atoms with Gasteiger partial charge in [0.1, 0.15) is 0 Å². The van der Waals surface area contributed by atoms with Crippen molar-refractivity contribution in [3.63, 3.8) is 0 Å². The van der Waals surface area contributed by atoms with Crippen LogP contribution in [0, 0.1) is 19.8 Å².